The maximum absolute atomic E-state index is 6.16. The Balaban J connectivity index is 1.57. The van der Waals surface area contributed by atoms with Crippen molar-refractivity contribution in [2.24, 2.45) is 46.7 Å². The summed E-state index contributed by atoms with van der Waals surface area (Å²) >= 11 is 0. The van der Waals surface area contributed by atoms with Gasteiger partial charge in [-0.3, -0.25) is 0 Å². The molecule has 5 saturated carbocycles. The van der Waals surface area contributed by atoms with Gasteiger partial charge in [0.15, 0.2) is 0 Å². The Hall–Kier alpha value is -0.0400. The van der Waals surface area contributed by atoms with E-state index in [4.69, 9.17) is 5.73 Å². The van der Waals surface area contributed by atoms with Crippen LogP contribution in [-0.2, 0) is 0 Å². The predicted octanol–water partition coefficient (Wildman–Crippen LogP) is 3.82. The van der Waals surface area contributed by atoms with Crippen LogP contribution in [0.25, 0.3) is 0 Å². The third kappa shape index (κ3) is 1.49. The number of nitrogens with two attached hydrogens (primary N) is 1. The van der Waals surface area contributed by atoms with Crippen LogP contribution in [0, 0.1) is 40.9 Å². The average Bonchev–Trinajstić information content (AvgIpc) is 2.26. The summed E-state index contributed by atoms with van der Waals surface area (Å²) in [6.07, 6.45) is 12.2. The lowest BCUT2D eigenvalue weighted by molar-refractivity contribution is -0.101. The molecule has 4 bridgehead atoms. The zero-order valence-corrected chi connectivity index (χ0v) is 11.9. The van der Waals surface area contributed by atoms with E-state index >= 15 is 0 Å². The Morgan fingerprint density at radius 2 is 1.56 bits per heavy atom. The molecule has 0 aromatic carbocycles. The van der Waals surface area contributed by atoms with Gasteiger partial charge in [-0.05, 0) is 92.4 Å². The van der Waals surface area contributed by atoms with Gasteiger partial charge in [-0.1, -0.05) is 13.3 Å². The van der Waals surface area contributed by atoms with Gasteiger partial charge < -0.3 is 5.73 Å². The number of hydrogen-bond acceptors (Lipinski definition) is 1. The van der Waals surface area contributed by atoms with Gasteiger partial charge in [0.2, 0.25) is 0 Å². The molecule has 0 aromatic rings. The first kappa shape index (κ1) is 11.8. The molecule has 1 nitrogen and oxygen atoms in total. The maximum atomic E-state index is 6.16. The van der Waals surface area contributed by atoms with Crippen molar-refractivity contribution in [2.45, 2.75) is 58.3 Å². The smallest absolute Gasteiger partial charge is 0.00179 e. The monoisotopic (exact) mass is 247 g/mol. The molecule has 0 aromatic heterocycles. The van der Waals surface area contributed by atoms with Crippen LogP contribution >= 0.6 is 0 Å². The van der Waals surface area contributed by atoms with Crippen molar-refractivity contribution in [3.63, 3.8) is 0 Å². The molecule has 1 atom stereocenters. The molecule has 18 heavy (non-hydrogen) atoms. The fourth-order valence-corrected chi connectivity index (χ4v) is 6.67. The number of rotatable bonds is 3. The van der Waals surface area contributed by atoms with Crippen molar-refractivity contribution in [3.8, 4) is 0 Å². The highest BCUT2D eigenvalue weighted by Crippen LogP contribution is 2.62. The Bertz CT molecular complexity index is 297. The van der Waals surface area contributed by atoms with Gasteiger partial charge in [-0.25, -0.2) is 0 Å². The minimum atomic E-state index is 0.556. The molecule has 102 valence electrons. The Kier molecular flexibility index (Phi) is 2.60. The van der Waals surface area contributed by atoms with E-state index in [0.29, 0.717) is 5.41 Å². The molecule has 0 heterocycles. The summed E-state index contributed by atoms with van der Waals surface area (Å²) in [4.78, 5) is 0. The standard InChI is InChI=1S/C17H29N/c1-11(17(10-18)3-2-4-17)16-14-6-12-5-13(8-14)9-15(16)7-12/h11-16H,2-10,18H2,1H3. The fraction of sp³-hybridized carbons (Fsp3) is 1.00. The average molecular weight is 247 g/mol. The summed E-state index contributed by atoms with van der Waals surface area (Å²) in [7, 11) is 0. The molecule has 5 rings (SSSR count). The predicted molar refractivity (Wildman–Crippen MR) is 75.0 cm³/mol. The Morgan fingerprint density at radius 3 is 1.94 bits per heavy atom. The van der Waals surface area contributed by atoms with Crippen molar-refractivity contribution < 1.29 is 0 Å². The minimum Gasteiger partial charge on any atom is -0.330 e. The number of hydrogen-bond donors (Lipinski definition) is 1. The van der Waals surface area contributed by atoms with Gasteiger partial charge in [0, 0.05) is 0 Å². The van der Waals surface area contributed by atoms with Gasteiger partial charge in [-0.15, -0.1) is 0 Å². The second-order valence-electron chi connectivity index (χ2n) is 8.22. The molecular formula is C17H29N. The van der Waals surface area contributed by atoms with Gasteiger partial charge >= 0.3 is 0 Å². The van der Waals surface area contributed by atoms with E-state index < -0.39 is 0 Å². The molecule has 5 aliphatic carbocycles. The van der Waals surface area contributed by atoms with Crippen LogP contribution in [0.5, 0.6) is 0 Å². The van der Waals surface area contributed by atoms with Crippen molar-refractivity contribution in [3.05, 3.63) is 0 Å². The van der Waals surface area contributed by atoms with Crippen molar-refractivity contribution in [1.29, 1.82) is 0 Å². The van der Waals surface area contributed by atoms with Gasteiger partial charge in [0.25, 0.3) is 0 Å². The first-order chi connectivity index (χ1) is 8.72. The molecule has 0 radical (unpaired) electrons. The minimum absolute atomic E-state index is 0.556. The SMILES string of the molecule is CC(C1C2CC3CC(C2)CC1C3)C1(CN)CCC1. The molecular weight excluding hydrogens is 218 g/mol. The molecule has 1 unspecified atom stereocenters. The topological polar surface area (TPSA) is 26.0 Å². The van der Waals surface area contributed by atoms with E-state index in [2.05, 4.69) is 6.92 Å². The van der Waals surface area contributed by atoms with Gasteiger partial charge in [0.1, 0.15) is 0 Å². The van der Waals surface area contributed by atoms with Crippen LogP contribution in [0.2, 0.25) is 0 Å². The zero-order chi connectivity index (χ0) is 12.3. The van der Waals surface area contributed by atoms with Crippen LogP contribution < -0.4 is 5.73 Å². The van der Waals surface area contributed by atoms with Crippen LogP contribution in [0.3, 0.4) is 0 Å². The van der Waals surface area contributed by atoms with Crippen molar-refractivity contribution >= 4 is 0 Å². The Labute approximate surface area is 112 Å². The summed E-state index contributed by atoms with van der Waals surface area (Å²) in [5, 5.41) is 0. The van der Waals surface area contributed by atoms with Crippen LogP contribution in [0.4, 0.5) is 0 Å². The molecule has 0 spiro atoms. The van der Waals surface area contributed by atoms with Crippen molar-refractivity contribution in [1.82, 2.24) is 0 Å². The lowest BCUT2D eigenvalue weighted by atomic mass is 9.45. The molecule has 5 aliphatic rings. The lowest BCUT2D eigenvalue weighted by Crippen LogP contribution is -2.53. The van der Waals surface area contributed by atoms with E-state index in [1.54, 1.807) is 32.1 Å². The first-order valence-corrected chi connectivity index (χ1v) is 8.42. The highest BCUT2D eigenvalue weighted by molar-refractivity contribution is 5.04. The lowest BCUT2D eigenvalue weighted by Gasteiger charge is -2.60. The van der Waals surface area contributed by atoms with Crippen molar-refractivity contribution in [2.75, 3.05) is 6.54 Å². The van der Waals surface area contributed by atoms with Crippen LogP contribution in [0.15, 0.2) is 0 Å². The summed E-state index contributed by atoms with van der Waals surface area (Å²) in [6, 6.07) is 0. The highest BCUT2D eigenvalue weighted by atomic mass is 14.7. The second-order valence-corrected chi connectivity index (χ2v) is 8.22. The van der Waals surface area contributed by atoms with E-state index in [1.807, 2.05) is 0 Å². The molecule has 2 N–H and O–H groups in total. The Morgan fingerprint density at radius 1 is 1.00 bits per heavy atom. The van der Waals surface area contributed by atoms with E-state index in [0.717, 1.165) is 42.1 Å². The quantitative estimate of drug-likeness (QED) is 0.806. The third-order valence-corrected chi connectivity index (χ3v) is 7.60. The van der Waals surface area contributed by atoms with Crippen LogP contribution in [-0.4, -0.2) is 6.54 Å². The first-order valence-electron chi connectivity index (χ1n) is 8.42. The molecule has 0 saturated heterocycles. The highest BCUT2D eigenvalue weighted by Gasteiger charge is 2.54. The van der Waals surface area contributed by atoms with Crippen LogP contribution in [0.1, 0.15) is 58.3 Å². The summed E-state index contributed by atoms with van der Waals surface area (Å²) in [6.45, 7) is 3.52. The molecule has 1 heteroatoms. The van der Waals surface area contributed by atoms with Gasteiger partial charge in [-0.2, -0.15) is 0 Å². The summed E-state index contributed by atoms with van der Waals surface area (Å²) in [5.41, 5.74) is 6.72. The maximum Gasteiger partial charge on any atom is -0.00179 e. The zero-order valence-electron chi connectivity index (χ0n) is 11.9. The van der Waals surface area contributed by atoms with Gasteiger partial charge in [0.05, 0.1) is 0 Å². The summed E-state index contributed by atoms with van der Waals surface area (Å²) in [5.74, 6) is 6.35. The summed E-state index contributed by atoms with van der Waals surface area (Å²) < 4.78 is 0. The molecule has 0 amide bonds. The third-order valence-electron chi connectivity index (χ3n) is 7.60. The van der Waals surface area contributed by atoms with E-state index in [1.165, 1.54) is 19.3 Å². The van der Waals surface area contributed by atoms with E-state index in [-0.39, 0.29) is 0 Å². The molecule has 0 aliphatic heterocycles. The fourth-order valence-electron chi connectivity index (χ4n) is 6.67. The molecule has 5 fully saturated rings. The normalized spacial score (nSPS) is 50.0. The second kappa shape index (κ2) is 3.98. The van der Waals surface area contributed by atoms with E-state index in [9.17, 15) is 0 Å². The largest absolute Gasteiger partial charge is 0.330 e.